The molecule has 0 bridgehead atoms. The van der Waals surface area contributed by atoms with Crippen molar-refractivity contribution in [1.29, 1.82) is 0 Å². The van der Waals surface area contributed by atoms with Crippen LogP contribution in [0.1, 0.15) is 33.3 Å². The third-order valence-electron chi connectivity index (χ3n) is 5.53. The molecule has 2 N–H and O–H groups in total. The van der Waals surface area contributed by atoms with Gasteiger partial charge in [0.25, 0.3) is 5.91 Å². The Morgan fingerprint density at radius 3 is 2.26 bits per heavy atom. The van der Waals surface area contributed by atoms with E-state index in [0.717, 1.165) is 4.88 Å². The number of nitrogens with one attached hydrogen (secondary N) is 2. The van der Waals surface area contributed by atoms with E-state index in [1.54, 1.807) is 43.5 Å². The maximum Gasteiger partial charge on any atom is 0.257 e. The Morgan fingerprint density at radius 1 is 0.912 bits per heavy atom. The van der Waals surface area contributed by atoms with Crippen molar-refractivity contribution in [1.82, 2.24) is 4.98 Å². The second kappa shape index (κ2) is 10.0. The molecule has 0 fully saturated rings. The molecular formula is C24H25N3O6S. The number of amides is 2. The minimum absolute atomic E-state index is 0.178. The Hall–Kier alpha value is -3.79. The van der Waals surface area contributed by atoms with E-state index in [0.29, 0.717) is 57.9 Å². The van der Waals surface area contributed by atoms with Crippen molar-refractivity contribution in [2.75, 3.05) is 39.1 Å². The summed E-state index contributed by atoms with van der Waals surface area (Å²) in [5, 5.41) is 6.19. The van der Waals surface area contributed by atoms with Gasteiger partial charge >= 0.3 is 0 Å². The topological polar surface area (TPSA) is 108 Å². The van der Waals surface area contributed by atoms with E-state index in [-0.39, 0.29) is 11.8 Å². The van der Waals surface area contributed by atoms with Crippen LogP contribution >= 0.6 is 11.3 Å². The summed E-state index contributed by atoms with van der Waals surface area (Å²) in [4.78, 5) is 31.4. The zero-order valence-corrected chi connectivity index (χ0v) is 20.1. The first kappa shape index (κ1) is 23.4. The fourth-order valence-corrected chi connectivity index (χ4v) is 4.80. The van der Waals surface area contributed by atoms with Crippen LogP contribution in [0, 0.1) is 0 Å². The fourth-order valence-electron chi connectivity index (χ4n) is 3.77. The number of hydrogen-bond donors (Lipinski definition) is 2. The first-order chi connectivity index (χ1) is 16.4. The van der Waals surface area contributed by atoms with Gasteiger partial charge in [-0.2, -0.15) is 0 Å². The lowest BCUT2D eigenvalue weighted by Crippen LogP contribution is -2.20. The molecule has 9 nitrogen and oxygen atoms in total. The Kier molecular flexibility index (Phi) is 6.87. The molecule has 1 unspecified atom stereocenters. The number of benzene rings is 2. The highest BCUT2D eigenvalue weighted by Crippen LogP contribution is 2.40. The van der Waals surface area contributed by atoms with Gasteiger partial charge in [0.15, 0.2) is 5.13 Å². The lowest BCUT2D eigenvalue weighted by atomic mass is 10.1. The van der Waals surface area contributed by atoms with E-state index in [1.807, 2.05) is 0 Å². The Balaban J connectivity index is 1.49. The number of thiazole rings is 1. The summed E-state index contributed by atoms with van der Waals surface area (Å²) in [6.45, 7) is 0. The minimum Gasteiger partial charge on any atom is -0.497 e. The van der Waals surface area contributed by atoms with Gasteiger partial charge in [-0.05, 0) is 37.1 Å². The lowest BCUT2D eigenvalue weighted by Gasteiger charge is -2.14. The number of hydrogen-bond acceptors (Lipinski definition) is 8. The van der Waals surface area contributed by atoms with Crippen LogP contribution in [0.2, 0.25) is 0 Å². The highest BCUT2D eigenvalue weighted by Gasteiger charge is 2.33. The maximum absolute atomic E-state index is 13.0. The highest BCUT2D eigenvalue weighted by molar-refractivity contribution is 7.16. The first-order valence-electron chi connectivity index (χ1n) is 10.5. The van der Waals surface area contributed by atoms with Crippen LogP contribution in [0.15, 0.2) is 36.4 Å². The number of rotatable bonds is 8. The van der Waals surface area contributed by atoms with Crippen LogP contribution in [0.25, 0.3) is 0 Å². The van der Waals surface area contributed by atoms with E-state index in [9.17, 15) is 9.59 Å². The second-order valence-corrected chi connectivity index (χ2v) is 8.61. The quantitative estimate of drug-likeness (QED) is 0.497. The molecule has 1 aliphatic carbocycles. The van der Waals surface area contributed by atoms with Gasteiger partial charge in [0.1, 0.15) is 23.0 Å². The van der Waals surface area contributed by atoms with Crippen LogP contribution in [-0.4, -0.2) is 45.2 Å². The minimum atomic E-state index is -0.416. The van der Waals surface area contributed by atoms with Crippen molar-refractivity contribution in [3.05, 3.63) is 52.5 Å². The summed E-state index contributed by atoms with van der Waals surface area (Å²) >= 11 is 1.38. The standard InChI is InChI=1S/C24H25N3O6S/c1-30-14-5-7-18(19(12-14)33-4)25-23(29)17-6-8-20-21(17)26-24(34-20)27-22(28)13-9-15(31-2)11-16(10-13)32-3/h5,7,9-12,17H,6,8H2,1-4H3,(H,25,29)(H,26,27,28). The van der Waals surface area contributed by atoms with Crippen molar-refractivity contribution in [2.24, 2.45) is 0 Å². The molecule has 0 aliphatic heterocycles. The van der Waals surface area contributed by atoms with Gasteiger partial charge in [0.2, 0.25) is 5.91 Å². The summed E-state index contributed by atoms with van der Waals surface area (Å²) in [6, 6.07) is 10.1. The molecule has 0 saturated heterocycles. The number of aromatic nitrogens is 1. The molecular weight excluding hydrogens is 458 g/mol. The largest absolute Gasteiger partial charge is 0.497 e. The predicted octanol–water partition coefficient (Wildman–Crippen LogP) is 4.10. The van der Waals surface area contributed by atoms with Crippen molar-refractivity contribution in [3.63, 3.8) is 0 Å². The Labute approximate surface area is 201 Å². The smallest absolute Gasteiger partial charge is 0.257 e. The first-order valence-corrected chi connectivity index (χ1v) is 11.3. The Bertz CT molecular complexity index is 1200. The molecule has 34 heavy (non-hydrogen) atoms. The normalized spacial score (nSPS) is 14.2. The predicted molar refractivity (Wildman–Crippen MR) is 129 cm³/mol. The third kappa shape index (κ3) is 4.76. The van der Waals surface area contributed by atoms with Crippen LogP contribution in [0.3, 0.4) is 0 Å². The number of methoxy groups -OCH3 is 4. The molecule has 1 atom stereocenters. The molecule has 2 amide bonds. The number of carbonyl (C=O) groups excluding carboxylic acids is 2. The van der Waals surface area contributed by atoms with E-state index in [4.69, 9.17) is 18.9 Å². The number of carbonyl (C=O) groups is 2. The number of fused-ring (bicyclic) bond motifs is 1. The van der Waals surface area contributed by atoms with Crippen molar-refractivity contribution in [2.45, 2.75) is 18.8 Å². The Morgan fingerprint density at radius 2 is 1.62 bits per heavy atom. The molecule has 10 heteroatoms. The fraction of sp³-hybridized carbons (Fsp3) is 0.292. The number of nitrogens with zero attached hydrogens (tertiary/aromatic N) is 1. The lowest BCUT2D eigenvalue weighted by molar-refractivity contribution is -0.117. The molecule has 0 radical (unpaired) electrons. The van der Waals surface area contributed by atoms with Crippen molar-refractivity contribution < 1.29 is 28.5 Å². The zero-order valence-electron chi connectivity index (χ0n) is 19.3. The summed E-state index contributed by atoms with van der Waals surface area (Å²) in [5.74, 6) is 1.23. The zero-order chi connectivity index (χ0) is 24.2. The molecule has 4 rings (SSSR count). The van der Waals surface area contributed by atoms with Crippen LogP contribution in [-0.2, 0) is 11.2 Å². The second-order valence-electron chi connectivity index (χ2n) is 7.53. The van der Waals surface area contributed by atoms with Gasteiger partial charge in [-0.15, -0.1) is 11.3 Å². The van der Waals surface area contributed by atoms with E-state index in [2.05, 4.69) is 15.6 Å². The molecule has 1 aliphatic rings. The van der Waals surface area contributed by atoms with E-state index >= 15 is 0 Å². The van der Waals surface area contributed by atoms with Crippen LogP contribution in [0.5, 0.6) is 23.0 Å². The summed E-state index contributed by atoms with van der Waals surface area (Å²) < 4.78 is 21.0. The average Bonchev–Trinajstić information content (AvgIpc) is 3.43. The molecule has 1 aromatic heterocycles. The van der Waals surface area contributed by atoms with Gasteiger partial charge in [-0.1, -0.05) is 0 Å². The molecule has 178 valence electrons. The van der Waals surface area contributed by atoms with Crippen molar-refractivity contribution in [3.8, 4) is 23.0 Å². The summed E-state index contributed by atoms with van der Waals surface area (Å²) in [5.41, 5.74) is 1.62. The average molecular weight is 484 g/mol. The van der Waals surface area contributed by atoms with Crippen LogP contribution < -0.4 is 29.6 Å². The van der Waals surface area contributed by atoms with Gasteiger partial charge in [-0.3, -0.25) is 14.9 Å². The summed E-state index contributed by atoms with van der Waals surface area (Å²) in [6.07, 6.45) is 1.37. The van der Waals surface area contributed by atoms with Gasteiger partial charge in [0, 0.05) is 22.6 Å². The monoisotopic (exact) mass is 483 g/mol. The number of anilines is 2. The highest BCUT2D eigenvalue weighted by atomic mass is 32.1. The molecule has 3 aromatic rings. The molecule has 0 spiro atoms. The molecule has 0 saturated carbocycles. The number of aryl methyl sites for hydroxylation is 1. The molecule has 1 heterocycles. The third-order valence-corrected chi connectivity index (χ3v) is 6.58. The number of ether oxygens (including phenoxy) is 4. The SMILES string of the molecule is COc1cc(OC)cc(C(=O)Nc2nc3c(s2)CCC3C(=O)Nc2ccc(OC)cc2OC)c1. The maximum atomic E-state index is 13.0. The van der Waals surface area contributed by atoms with Gasteiger partial charge < -0.3 is 24.3 Å². The molecule has 2 aromatic carbocycles. The van der Waals surface area contributed by atoms with Crippen LogP contribution in [0.4, 0.5) is 10.8 Å². The van der Waals surface area contributed by atoms with Gasteiger partial charge in [-0.25, -0.2) is 4.98 Å². The van der Waals surface area contributed by atoms with E-state index < -0.39 is 5.92 Å². The van der Waals surface area contributed by atoms with Gasteiger partial charge in [0.05, 0.1) is 45.7 Å². The van der Waals surface area contributed by atoms with E-state index in [1.165, 1.54) is 32.7 Å². The summed E-state index contributed by atoms with van der Waals surface area (Å²) in [7, 11) is 6.14. The van der Waals surface area contributed by atoms with Crippen molar-refractivity contribution >= 4 is 34.0 Å².